The fourth-order valence-electron chi connectivity index (χ4n) is 2.66. The second-order valence-electron chi connectivity index (χ2n) is 4.95. The van der Waals surface area contributed by atoms with Crippen LogP contribution in [-0.4, -0.2) is 31.3 Å². The first-order valence-electron chi connectivity index (χ1n) is 6.77. The molecular weight excluding hydrogens is 260 g/mol. The quantitative estimate of drug-likeness (QED) is 0.663. The Morgan fingerprint density at radius 3 is 2.70 bits per heavy atom. The van der Waals surface area contributed by atoms with E-state index in [4.69, 9.17) is 9.47 Å². The van der Waals surface area contributed by atoms with Gasteiger partial charge in [0.15, 0.2) is 0 Å². The maximum Gasteiger partial charge on any atom is 0.296 e. The van der Waals surface area contributed by atoms with Gasteiger partial charge in [-0.1, -0.05) is 12.8 Å². The molecule has 0 radical (unpaired) electrons. The van der Waals surface area contributed by atoms with Crippen molar-refractivity contribution in [1.82, 2.24) is 0 Å². The Morgan fingerprint density at radius 2 is 2.05 bits per heavy atom. The number of hydrogen-bond acceptors (Lipinski definition) is 5. The molecule has 1 aromatic carbocycles. The average Bonchev–Trinajstić information content (AvgIpc) is 2.48. The summed E-state index contributed by atoms with van der Waals surface area (Å²) in [6.45, 7) is 0. The van der Waals surface area contributed by atoms with Gasteiger partial charge in [0.1, 0.15) is 11.4 Å². The van der Waals surface area contributed by atoms with Crippen LogP contribution in [0.2, 0.25) is 0 Å². The Kier molecular flexibility index (Phi) is 4.79. The normalized spacial score (nSPS) is 22.3. The van der Waals surface area contributed by atoms with Gasteiger partial charge in [0.25, 0.3) is 5.69 Å². The van der Waals surface area contributed by atoms with E-state index in [1.165, 1.54) is 13.2 Å². The molecule has 0 bridgehead atoms. The molecule has 0 spiro atoms. The molecule has 0 aliphatic heterocycles. The smallest absolute Gasteiger partial charge is 0.296 e. The number of benzene rings is 1. The Bertz CT molecular complexity index is 478. The highest BCUT2D eigenvalue weighted by Gasteiger charge is 2.27. The summed E-state index contributed by atoms with van der Waals surface area (Å²) in [5.41, 5.74) is 0.550. The lowest BCUT2D eigenvalue weighted by Crippen LogP contribution is -2.37. The van der Waals surface area contributed by atoms with Crippen molar-refractivity contribution in [2.45, 2.75) is 37.8 Å². The molecule has 110 valence electrons. The molecule has 1 aliphatic carbocycles. The maximum absolute atomic E-state index is 11.2. The van der Waals surface area contributed by atoms with Crippen LogP contribution in [-0.2, 0) is 4.74 Å². The highest BCUT2D eigenvalue weighted by atomic mass is 16.6. The lowest BCUT2D eigenvalue weighted by atomic mass is 9.92. The lowest BCUT2D eigenvalue weighted by molar-refractivity contribution is -0.384. The van der Waals surface area contributed by atoms with Crippen molar-refractivity contribution in [3.8, 4) is 5.75 Å². The topological polar surface area (TPSA) is 73.6 Å². The fraction of sp³-hybridized carbons (Fsp3) is 0.571. The number of nitrogens with one attached hydrogen (secondary N) is 1. The maximum atomic E-state index is 11.2. The van der Waals surface area contributed by atoms with E-state index in [-0.39, 0.29) is 17.8 Å². The third-order valence-corrected chi connectivity index (χ3v) is 3.75. The molecule has 1 N–H and O–H groups in total. The SMILES string of the molecule is COc1ccc(NC2CCCCC2OC)c([N+](=O)[O-])c1. The van der Waals surface area contributed by atoms with E-state index < -0.39 is 4.92 Å². The first-order valence-corrected chi connectivity index (χ1v) is 6.77. The number of nitro groups is 1. The molecular formula is C14H20N2O4. The van der Waals surface area contributed by atoms with Crippen molar-refractivity contribution in [1.29, 1.82) is 0 Å². The summed E-state index contributed by atoms with van der Waals surface area (Å²) in [4.78, 5) is 10.8. The number of nitrogens with zero attached hydrogens (tertiary/aromatic N) is 1. The zero-order valence-electron chi connectivity index (χ0n) is 11.8. The second kappa shape index (κ2) is 6.56. The van der Waals surface area contributed by atoms with Crippen LogP contribution in [0.15, 0.2) is 18.2 Å². The Balaban J connectivity index is 2.21. The van der Waals surface area contributed by atoms with Gasteiger partial charge in [-0.2, -0.15) is 0 Å². The number of nitro benzene ring substituents is 1. The summed E-state index contributed by atoms with van der Waals surface area (Å²) < 4.78 is 10.5. The third-order valence-electron chi connectivity index (χ3n) is 3.75. The van der Waals surface area contributed by atoms with Gasteiger partial charge >= 0.3 is 0 Å². The molecule has 2 atom stereocenters. The summed E-state index contributed by atoms with van der Waals surface area (Å²) in [7, 11) is 3.18. The van der Waals surface area contributed by atoms with Crippen molar-refractivity contribution in [2.75, 3.05) is 19.5 Å². The first-order chi connectivity index (χ1) is 9.65. The summed E-state index contributed by atoms with van der Waals surface area (Å²) in [5.74, 6) is 0.481. The minimum Gasteiger partial charge on any atom is -0.496 e. The molecule has 2 rings (SSSR count). The van der Waals surface area contributed by atoms with Gasteiger partial charge in [-0.05, 0) is 25.0 Å². The van der Waals surface area contributed by atoms with Crippen LogP contribution in [0, 0.1) is 10.1 Å². The van der Waals surface area contributed by atoms with Crippen LogP contribution < -0.4 is 10.1 Å². The predicted molar refractivity (Wildman–Crippen MR) is 76.3 cm³/mol. The van der Waals surface area contributed by atoms with Crippen molar-refractivity contribution >= 4 is 11.4 Å². The van der Waals surface area contributed by atoms with E-state index in [1.54, 1.807) is 19.2 Å². The van der Waals surface area contributed by atoms with Crippen molar-refractivity contribution in [3.05, 3.63) is 28.3 Å². The molecule has 0 heterocycles. The molecule has 0 saturated heterocycles. The average molecular weight is 280 g/mol. The van der Waals surface area contributed by atoms with Crippen molar-refractivity contribution in [3.63, 3.8) is 0 Å². The lowest BCUT2D eigenvalue weighted by Gasteiger charge is -2.31. The zero-order chi connectivity index (χ0) is 14.5. The second-order valence-corrected chi connectivity index (χ2v) is 4.95. The van der Waals surface area contributed by atoms with Gasteiger partial charge in [0, 0.05) is 7.11 Å². The number of methoxy groups -OCH3 is 2. The standard InChI is InChI=1S/C14H20N2O4/c1-19-10-7-8-11(13(9-10)16(17)18)15-12-5-3-4-6-14(12)20-2/h7-9,12,14-15H,3-6H2,1-2H3. The molecule has 1 aliphatic rings. The summed E-state index contributed by atoms with van der Waals surface area (Å²) in [6.07, 6.45) is 4.30. The molecule has 20 heavy (non-hydrogen) atoms. The van der Waals surface area contributed by atoms with Crippen molar-refractivity contribution in [2.24, 2.45) is 0 Å². The van der Waals surface area contributed by atoms with E-state index in [0.29, 0.717) is 11.4 Å². The number of rotatable bonds is 5. The molecule has 1 aromatic rings. The van der Waals surface area contributed by atoms with E-state index in [1.807, 2.05) is 0 Å². The Morgan fingerprint density at radius 1 is 1.30 bits per heavy atom. The minimum absolute atomic E-state index is 0.0322. The fourth-order valence-corrected chi connectivity index (χ4v) is 2.66. The number of anilines is 1. The molecule has 1 saturated carbocycles. The number of ether oxygens (including phenoxy) is 2. The van der Waals surface area contributed by atoms with Crippen LogP contribution in [0.25, 0.3) is 0 Å². The number of hydrogen-bond donors (Lipinski definition) is 1. The highest BCUT2D eigenvalue weighted by Crippen LogP contribution is 2.32. The zero-order valence-corrected chi connectivity index (χ0v) is 11.8. The Labute approximate surface area is 118 Å². The highest BCUT2D eigenvalue weighted by molar-refractivity contribution is 5.64. The van der Waals surface area contributed by atoms with Crippen LogP contribution >= 0.6 is 0 Å². The van der Waals surface area contributed by atoms with Gasteiger partial charge in [0.2, 0.25) is 0 Å². The summed E-state index contributed by atoms with van der Waals surface area (Å²) >= 11 is 0. The molecule has 6 nitrogen and oxygen atoms in total. The molecule has 6 heteroatoms. The molecule has 0 amide bonds. The third kappa shape index (κ3) is 3.19. The van der Waals surface area contributed by atoms with E-state index in [0.717, 1.165) is 25.7 Å². The van der Waals surface area contributed by atoms with Gasteiger partial charge < -0.3 is 14.8 Å². The van der Waals surface area contributed by atoms with Gasteiger partial charge in [0.05, 0.1) is 30.2 Å². The van der Waals surface area contributed by atoms with Crippen molar-refractivity contribution < 1.29 is 14.4 Å². The van der Waals surface area contributed by atoms with Crippen LogP contribution in [0.4, 0.5) is 11.4 Å². The van der Waals surface area contributed by atoms with Crippen LogP contribution in [0.1, 0.15) is 25.7 Å². The van der Waals surface area contributed by atoms with Crippen LogP contribution in [0.5, 0.6) is 5.75 Å². The van der Waals surface area contributed by atoms with E-state index in [9.17, 15) is 10.1 Å². The first kappa shape index (κ1) is 14.6. The summed E-state index contributed by atoms with van der Waals surface area (Å²) in [6, 6.07) is 4.96. The minimum atomic E-state index is -0.393. The monoisotopic (exact) mass is 280 g/mol. The summed E-state index contributed by atoms with van der Waals surface area (Å²) in [5, 5.41) is 14.4. The molecule has 0 aromatic heterocycles. The van der Waals surface area contributed by atoms with Gasteiger partial charge in [-0.15, -0.1) is 0 Å². The van der Waals surface area contributed by atoms with Crippen LogP contribution in [0.3, 0.4) is 0 Å². The Hall–Kier alpha value is -1.82. The van der Waals surface area contributed by atoms with E-state index in [2.05, 4.69) is 5.32 Å². The van der Waals surface area contributed by atoms with E-state index >= 15 is 0 Å². The molecule has 1 fully saturated rings. The molecule has 2 unspecified atom stereocenters. The predicted octanol–water partition coefficient (Wildman–Crippen LogP) is 2.97. The largest absolute Gasteiger partial charge is 0.496 e. The van der Waals surface area contributed by atoms with Gasteiger partial charge in [-0.25, -0.2) is 0 Å². The van der Waals surface area contributed by atoms with Gasteiger partial charge in [-0.3, -0.25) is 10.1 Å².